The predicted molar refractivity (Wildman–Crippen MR) is 223 cm³/mol. The fraction of sp³-hybridized carbons (Fsp3) is 0.558. The first-order chi connectivity index (χ1) is 26.5. The van der Waals surface area contributed by atoms with Gasteiger partial charge >= 0.3 is 0 Å². The number of fused-ring (bicyclic) bond motifs is 1. The number of halogens is 1. The third-order valence-electron chi connectivity index (χ3n) is 10.6. The maximum Gasteiger partial charge on any atom is 0.258 e. The van der Waals surface area contributed by atoms with Crippen molar-refractivity contribution in [1.29, 1.82) is 0 Å². The van der Waals surface area contributed by atoms with Gasteiger partial charge in [-0.1, -0.05) is 111 Å². The van der Waals surface area contributed by atoms with Gasteiger partial charge in [0.1, 0.15) is 16.5 Å². The number of H-pyrrole nitrogens is 1. The van der Waals surface area contributed by atoms with Gasteiger partial charge in [-0.15, -0.1) is 10.2 Å². The van der Waals surface area contributed by atoms with Crippen LogP contribution in [0.15, 0.2) is 48.5 Å². The highest BCUT2D eigenvalue weighted by molar-refractivity contribution is 6.34. The third-order valence-corrected chi connectivity index (χ3v) is 10.9. The molecule has 13 heteroatoms. The van der Waals surface area contributed by atoms with Crippen LogP contribution >= 0.6 is 11.6 Å². The van der Waals surface area contributed by atoms with Crippen LogP contribution in [0.3, 0.4) is 0 Å². The van der Waals surface area contributed by atoms with Crippen LogP contribution in [-0.4, -0.2) is 62.8 Å². The predicted octanol–water partition coefficient (Wildman–Crippen LogP) is 8.78. The van der Waals surface area contributed by atoms with E-state index < -0.39 is 16.9 Å². The van der Waals surface area contributed by atoms with Gasteiger partial charge in [0.2, 0.25) is 5.91 Å². The van der Waals surface area contributed by atoms with Crippen molar-refractivity contribution in [2.75, 3.05) is 25.1 Å². The molecule has 2 aromatic carbocycles. The van der Waals surface area contributed by atoms with E-state index in [1.807, 2.05) is 27.7 Å². The highest BCUT2D eigenvalue weighted by atomic mass is 35.5. The van der Waals surface area contributed by atoms with E-state index in [1.54, 1.807) is 53.0 Å². The van der Waals surface area contributed by atoms with Gasteiger partial charge in [0.25, 0.3) is 11.8 Å². The molecule has 4 N–H and O–H groups in total. The van der Waals surface area contributed by atoms with Crippen molar-refractivity contribution in [1.82, 2.24) is 30.4 Å². The number of amides is 3. The molecular formula is C43H62ClN7O5. The molecule has 56 heavy (non-hydrogen) atoms. The number of aromatic amines is 1. The minimum atomic E-state index is -0.806. The van der Waals surface area contributed by atoms with E-state index in [4.69, 9.17) is 21.1 Å². The lowest BCUT2D eigenvalue weighted by Gasteiger charge is -2.40. The molecule has 1 atom stereocenters. The largest absolute Gasteiger partial charge is 0.493 e. The van der Waals surface area contributed by atoms with Crippen LogP contribution in [0.4, 0.5) is 5.69 Å². The van der Waals surface area contributed by atoms with Crippen LogP contribution in [0.1, 0.15) is 136 Å². The van der Waals surface area contributed by atoms with E-state index in [-0.39, 0.29) is 30.4 Å². The fourth-order valence-electron chi connectivity index (χ4n) is 6.40. The number of rotatable bonds is 21. The topological polar surface area (TPSA) is 152 Å². The number of anilines is 1. The highest BCUT2D eigenvalue weighted by Crippen LogP contribution is 2.37. The maximum absolute atomic E-state index is 13.3. The maximum atomic E-state index is 13.3. The molecule has 0 bridgehead atoms. The van der Waals surface area contributed by atoms with Gasteiger partial charge in [0, 0.05) is 21.9 Å². The Kier molecular flexibility index (Phi) is 15.4. The number of aromatic nitrogens is 4. The summed E-state index contributed by atoms with van der Waals surface area (Å²) in [5.41, 5.74) is 0.409. The second kappa shape index (κ2) is 19.5. The number of carbonyl (C=O) groups excluding carboxylic acids is 3. The van der Waals surface area contributed by atoms with Gasteiger partial charge in [-0.2, -0.15) is 0 Å². The molecule has 3 amide bonds. The summed E-state index contributed by atoms with van der Waals surface area (Å²) in [7, 11) is 0. The van der Waals surface area contributed by atoms with Gasteiger partial charge in [0.05, 0.1) is 24.5 Å². The number of nitrogens with one attached hydrogen (secondary N) is 4. The van der Waals surface area contributed by atoms with Crippen LogP contribution in [0, 0.1) is 5.92 Å². The molecule has 4 aromatic rings. The summed E-state index contributed by atoms with van der Waals surface area (Å²) in [6, 6.07) is 13.8. The highest BCUT2D eigenvalue weighted by Gasteiger charge is 2.44. The summed E-state index contributed by atoms with van der Waals surface area (Å²) in [6.07, 6.45) is 9.69. The van der Waals surface area contributed by atoms with Gasteiger partial charge in [0.15, 0.2) is 18.1 Å². The van der Waals surface area contributed by atoms with Gasteiger partial charge in [-0.3, -0.25) is 19.5 Å². The fourth-order valence-corrected chi connectivity index (χ4v) is 6.85. The molecular weight excluding hydrogens is 730 g/mol. The van der Waals surface area contributed by atoms with Crippen molar-refractivity contribution in [3.63, 3.8) is 0 Å². The number of hydrogen-bond acceptors (Lipinski definition) is 7. The number of nitrogens with zero attached hydrogens (tertiary/aromatic N) is 3. The zero-order chi connectivity index (χ0) is 41.1. The van der Waals surface area contributed by atoms with Crippen molar-refractivity contribution in [3.05, 3.63) is 70.6 Å². The van der Waals surface area contributed by atoms with E-state index in [9.17, 15) is 14.4 Å². The Balaban J connectivity index is 1.27. The van der Waals surface area contributed by atoms with Crippen LogP contribution in [0.25, 0.3) is 5.65 Å². The lowest BCUT2D eigenvalue weighted by Crippen LogP contribution is -2.57. The van der Waals surface area contributed by atoms with E-state index in [1.165, 1.54) is 44.9 Å². The number of benzene rings is 2. The van der Waals surface area contributed by atoms with Crippen molar-refractivity contribution in [3.8, 4) is 11.5 Å². The molecule has 4 rings (SSSR count). The molecule has 1 unspecified atom stereocenters. The Bertz CT molecular complexity index is 1910. The van der Waals surface area contributed by atoms with Gasteiger partial charge in [-0.25, -0.2) is 4.52 Å². The SMILES string of the molecule is CCCCCCC(CCCC)COc1ccc(C(=O)NCC(=O)Nc2ccccc2OCC(=O)NC(C)(C)C(C)(C)c2nnc3c(Cl)c(C(C)(C)C)[nH]n23)cc1. The van der Waals surface area contributed by atoms with Crippen molar-refractivity contribution < 1.29 is 23.9 Å². The number of ether oxygens (including phenoxy) is 2. The first-order valence-corrected chi connectivity index (χ1v) is 20.3. The molecule has 2 aromatic heterocycles. The molecule has 0 saturated heterocycles. The second-order valence-electron chi connectivity index (χ2n) is 16.7. The monoisotopic (exact) mass is 791 g/mol. The van der Waals surface area contributed by atoms with E-state index in [0.717, 1.165) is 17.9 Å². The Morgan fingerprint density at radius 2 is 1.52 bits per heavy atom. The summed E-state index contributed by atoms with van der Waals surface area (Å²) >= 11 is 6.66. The van der Waals surface area contributed by atoms with Crippen LogP contribution in [0.5, 0.6) is 11.5 Å². The number of para-hydroxylation sites is 2. The van der Waals surface area contributed by atoms with Crippen LogP contribution in [0.2, 0.25) is 5.02 Å². The summed E-state index contributed by atoms with van der Waals surface area (Å²) in [4.78, 5) is 39.1. The minimum Gasteiger partial charge on any atom is -0.493 e. The standard InChI is InChI=1S/C43H62ClN7O5/c1-10-12-14-15-19-29(18-13-11-2)27-55-31-24-22-30(23-25-31)39(54)45-26-34(52)46-32-20-16-17-21-33(32)56-28-35(53)47-43(8,9)42(6,7)40-49-48-38-36(44)37(41(3,4)5)50-51(38)40/h16-17,20-25,29,50H,10-15,18-19,26-28H2,1-9H3,(H,45,54)(H,46,52)(H,47,53). The molecule has 0 aliphatic rings. The lowest BCUT2D eigenvalue weighted by atomic mass is 9.73. The van der Waals surface area contributed by atoms with Crippen molar-refractivity contribution >= 4 is 40.7 Å². The molecule has 12 nitrogen and oxygen atoms in total. The quantitative estimate of drug-likeness (QED) is 0.0616. The molecule has 306 valence electrons. The second-order valence-corrected chi connectivity index (χ2v) is 17.1. The Hall–Kier alpha value is -4.58. The Morgan fingerprint density at radius 3 is 2.20 bits per heavy atom. The molecule has 0 spiro atoms. The molecule has 2 heterocycles. The smallest absolute Gasteiger partial charge is 0.258 e. The molecule has 0 fully saturated rings. The molecule has 0 radical (unpaired) electrons. The molecule has 0 aliphatic carbocycles. The van der Waals surface area contributed by atoms with E-state index in [2.05, 4.69) is 65.9 Å². The first kappa shape index (κ1) is 44.1. The summed E-state index contributed by atoms with van der Waals surface area (Å²) < 4.78 is 13.8. The zero-order valence-corrected chi connectivity index (χ0v) is 35.5. The molecule has 0 saturated carbocycles. The van der Waals surface area contributed by atoms with E-state index in [0.29, 0.717) is 46.0 Å². The van der Waals surface area contributed by atoms with Crippen LogP contribution in [-0.2, 0) is 20.4 Å². The van der Waals surface area contributed by atoms with Crippen LogP contribution < -0.4 is 25.4 Å². The van der Waals surface area contributed by atoms with Crippen molar-refractivity contribution in [2.24, 2.45) is 5.92 Å². The average Bonchev–Trinajstić information content (AvgIpc) is 3.73. The van der Waals surface area contributed by atoms with Gasteiger partial charge < -0.3 is 25.4 Å². The summed E-state index contributed by atoms with van der Waals surface area (Å²) in [5, 5.41) is 21.2. The number of unbranched alkanes of at least 4 members (excludes halogenated alkanes) is 4. The summed E-state index contributed by atoms with van der Waals surface area (Å²) in [5.74, 6) is 0.970. The number of hydrogen-bond donors (Lipinski definition) is 4. The Labute approximate surface area is 337 Å². The van der Waals surface area contributed by atoms with Gasteiger partial charge in [-0.05, 0) is 69.0 Å². The minimum absolute atomic E-state index is 0.238. The van der Waals surface area contributed by atoms with E-state index >= 15 is 0 Å². The average molecular weight is 792 g/mol. The number of carbonyl (C=O) groups is 3. The first-order valence-electron chi connectivity index (χ1n) is 20.0. The Morgan fingerprint density at radius 1 is 0.839 bits per heavy atom. The third kappa shape index (κ3) is 11.5. The normalized spacial score (nSPS) is 12.7. The lowest BCUT2D eigenvalue weighted by molar-refractivity contribution is -0.125. The summed E-state index contributed by atoms with van der Waals surface area (Å²) in [6.45, 7) is 18.5. The van der Waals surface area contributed by atoms with Crippen molar-refractivity contribution in [2.45, 2.75) is 130 Å². The molecule has 0 aliphatic heterocycles. The zero-order valence-electron chi connectivity index (χ0n) is 34.7.